The summed E-state index contributed by atoms with van der Waals surface area (Å²) < 4.78 is 6.19. The van der Waals surface area contributed by atoms with Gasteiger partial charge in [-0.15, -0.1) is 0 Å². The molecule has 1 amide bonds. The number of piperidine rings is 1. The molecule has 5 atom stereocenters. The van der Waals surface area contributed by atoms with Crippen LogP contribution >= 0.6 is 0 Å². The maximum Gasteiger partial charge on any atom is 0.228 e. The molecule has 3 aromatic carbocycles. The van der Waals surface area contributed by atoms with Crippen molar-refractivity contribution in [3.8, 4) is 5.75 Å². The van der Waals surface area contributed by atoms with Crippen LogP contribution in [0.5, 0.6) is 5.75 Å². The van der Waals surface area contributed by atoms with Gasteiger partial charge in [-0.05, 0) is 49.3 Å². The second-order valence-electron chi connectivity index (χ2n) is 10.6. The topological polar surface area (TPSA) is 41.6 Å². The molecular formula is C31H34N2O2. The van der Waals surface area contributed by atoms with E-state index in [1.807, 2.05) is 6.07 Å². The minimum Gasteiger partial charge on any atom is -0.490 e. The molecule has 0 radical (unpaired) electrons. The van der Waals surface area contributed by atoms with E-state index >= 15 is 0 Å². The van der Waals surface area contributed by atoms with Crippen LogP contribution in [0, 0.1) is 5.92 Å². The van der Waals surface area contributed by atoms with Crippen molar-refractivity contribution in [1.29, 1.82) is 0 Å². The minimum atomic E-state index is -0.219. The Morgan fingerprint density at radius 2 is 1.63 bits per heavy atom. The van der Waals surface area contributed by atoms with Crippen molar-refractivity contribution in [3.63, 3.8) is 0 Å². The zero-order chi connectivity index (χ0) is 23.8. The van der Waals surface area contributed by atoms with E-state index in [2.05, 4.69) is 96.0 Å². The maximum absolute atomic E-state index is 14.5. The molecule has 2 saturated heterocycles. The molecule has 3 aliphatic heterocycles. The third kappa shape index (κ3) is 3.94. The van der Waals surface area contributed by atoms with Crippen LogP contribution in [0.1, 0.15) is 54.8 Å². The SMILES string of the molecule is CC1CC2(CNCC2C(=O)N2CCC(c3ccccc3)CC2c2ccccc2)c2ccccc2O1. The Morgan fingerprint density at radius 1 is 0.943 bits per heavy atom. The van der Waals surface area contributed by atoms with Crippen LogP contribution in [0.25, 0.3) is 0 Å². The monoisotopic (exact) mass is 466 g/mol. The number of carbonyl (C=O) groups is 1. The second-order valence-corrected chi connectivity index (χ2v) is 10.6. The number of amides is 1. The predicted octanol–water partition coefficient (Wildman–Crippen LogP) is 5.46. The smallest absolute Gasteiger partial charge is 0.228 e. The first-order valence-electron chi connectivity index (χ1n) is 13.0. The van der Waals surface area contributed by atoms with Crippen LogP contribution < -0.4 is 10.1 Å². The number of fused-ring (bicyclic) bond motifs is 2. The van der Waals surface area contributed by atoms with Crippen LogP contribution in [0.15, 0.2) is 84.9 Å². The lowest BCUT2D eigenvalue weighted by atomic mass is 9.66. The third-order valence-electron chi connectivity index (χ3n) is 8.50. The summed E-state index contributed by atoms with van der Waals surface area (Å²) in [6.07, 6.45) is 2.92. The number of hydrogen-bond donors (Lipinski definition) is 1. The van der Waals surface area contributed by atoms with E-state index < -0.39 is 0 Å². The van der Waals surface area contributed by atoms with Gasteiger partial charge in [0.1, 0.15) is 5.75 Å². The highest BCUT2D eigenvalue weighted by Gasteiger charge is 2.54. The quantitative estimate of drug-likeness (QED) is 0.557. The van der Waals surface area contributed by atoms with Gasteiger partial charge in [0, 0.05) is 30.6 Å². The van der Waals surface area contributed by atoms with E-state index in [0.717, 1.165) is 44.6 Å². The largest absolute Gasteiger partial charge is 0.490 e. The van der Waals surface area contributed by atoms with Gasteiger partial charge < -0.3 is 15.0 Å². The zero-order valence-corrected chi connectivity index (χ0v) is 20.4. The first-order chi connectivity index (χ1) is 17.2. The molecule has 0 bridgehead atoms. The Balaban J connectivity index is 1.35. The molecule has 0 aromatic heterocycles. The summed E-state index contributed by atoms with van der Waals surface area (Å²) in [5, 5.41) is 3.60. The van der Waals surface area contributed by atoms with Crippen LogP contribution in [0.2, 0.25) is 0 Å². The van der Waals surface area contributed by atoms with Crippen molar-refractivity contribution in [2.24, 2.45) is 5.92 Å². The number of ether oxygens (including phenoxy) is 1. The number of benzene rings is 3. The summed E-state index contributed by atoms with van der Waals surface area (Å²) in [7, 11) is 0. The van der Waals surface area contributed by atoms with Crippen molar-refractivity contribution in [1.82, 2.24) is 10.2 Å². The lowest BCUT2D eigenvalue weighted by Crippen LogP contribution is -2.51. The number of likely N-dealkylation sites (tertiary alicyclic amines) is 1. The molecule has 2 fully saturated rings. The summed E-state index contributed by atoms with van der Waals surface area (Å²) in [5.74, 6) is 1.61. The molecular weight excluding hydrogens is 432 g/mol. The molecule has 4 heteroatoms. The van der Waals surface area contributed by atoms with E-state index in [4.69, 9.17) is 4.74 Å². The van der Waals surface area contributed by atoms with Crippen molar-refractivity contribution in [3.05, 3.63) is 102 Å². The van der Waals surface area contributed by atoms with Crippen molar-refractivity contribution >= 4 is 5.91 Å². The normalized spacial score (nSPS) is 30.0. The van der Waals surface area contributed by atoms with Crippen LogP contribution in [-0.2, 0) is 10.2 Å². The lowest BCUT2D eigenvalue weighted by molar-refractivity contribution is -0.141. The Kier molecular flexibility index (Phi) is 5.85. The molecule has 1 spiro atoms. The van der Waals surface area contributed by atoms with Gasteiger partial charge in [0.15, 0.2) is 0 Å². The highest BCUT2D eigenvalue weighted by Crippen LogP contribution is 2.49. The summed E-state index contributed by atoms with van der Waals surface area (Å²) in [6, 6.07) is 29.9. The summed E-state index contributed by atoms with van der Waals surface area (Å²) in [4.78, 5) is 16.7. The fraction of sp³-hybridized carbons (Fsp3) is 0.387. The van der Waals surface area contributed by atoms with E-state index in [-0.39, 0.29) is 23.5 Å². The van der Waals surface area contributed by atoms with Gasteiger partial charge in [-0.25, -0.2) is 0 Å². The van der Waals surface area contributed by atoms with Crippen molar-refractivity contribution < 1.29 is 9.53 Å². The number of para-hydroxylation sites is 1. The molecule has 3 heterocycles. The van der Waals surface area contributed by atoms with E-state index in [1.54, 1.807) is 0 Å². The van der Waals surface area contributed by atoms with Crippen molar-refractivity contribution in [2.75, 3.05) is 19.6 Å². The number of nitrogens with zero attached hydrogens (tertiary/aromatic N) is 1. The molecule has 5 unspecified atom stereocenters. The Bertz CT molecular complexity index is 1180. The first-order valence-corrected chi connectivity index (χ1v) is 13.0. The summed E-state index contributed by atoms with van der Waals surface area (Å²) in [5.41, 5.74) is 3.59. The minimum absolute atomic E-state index is 0.0884. The molecule has 0 saturated carbocycles. The molecule has 35 heavy (non-hydrogen) atoms. The molecule has 1 N–H and O–H groups in total. The number of nitrogens with one attached hydrogen (secondary N) is 1. The van der Waals surface area contributed by atoms with Crippen molar-refractivity contribution in [2.45, 2.75) is 49.7 Å². The van der Waals surface area contributed by atoms with Crippen LogP contribution in [-0.4, -0.2) is 36.5 Å². The van der Waals surface area contributed by atoms with Gasteiger partial charge in [0.05, 0.1) is 18.1 Å². The van der Waals surface area contributed by atoms with Gasteiger partial charge in [-0.3, -0.25) is 4.79 Å². The molecule has 4 nitrogen and oxygen atoms in total. The second kappa shape index (κ2) is 9.16. The zero-order valence-electron chi connectivity index (χ0n) is 20.4. The first kappa shape index (κ1) is 22.4. The third-order valence-corrected chi connectivity index (χ3v) is 8.50. The van der Waals surface area contributed by atoms with Crippen LogP contribution in [0.4, 0.5) is 0 Å². The molecule has 6 rings (SSSR count). The van der Waals surface area contributed by atoms with Gasteiger partial charge in [0.25, 0.3) is 0 Å². The average Bonchev–Trinajstić information content (AvgIpc) is 3.32. The number of carbonyl (C=O) groups excluding carboxylic acids is 1. The number of hydrogen-bond acceptors (Lipinski definition) is 3. The summed E-state index contributed by atoms with van der Waals surface area (Å²) >= 11 is 0. The molecule has 3 aromatic rings. The van der Waals surface area contributed by atoms with Gasteiger partial charge in [0.2, 0.25) is 5.91 Å². The van der Waals surface area contributed by atoms with Gasteiger partial charge in [-0.2, -0.15) is 0 Å². The Morgan fingerprint density at radius 3 is 2.40 bits per heavy atom. The highest BCUT2D eigenvalue weighted by atomic mass is 16.5. The maximum atomic E-state index is 14.5. The van der Waals surface area contributed by atoms with Crippen LogP contribution in [0.3, 0.4) is 0 Å². The predicted molar refractivity (Wildman–Crippen MR) is 138 cm³/mol. The van der Waals surface area contributed by atoms with Gasteiger partial charge >= 0.3 is 0 Å². The molecule has 3 aliphatic rings. The average molecular weight is 467 g/mol. The van der Waals surface area contributed by atoms with E-state index in [1.165, 1.54) is 16.7 Å². The molecule has 0 aliphatic carbocycles. The Hall–Kier alpha value is -3.11. The fourth-order valence-corrected chi connectivity index (χ4v) is 6.89. The number of rotatable bonds is 3. The standard InChI is InChI=1S/C31H34N2O2/c1-22-19-31(26-14-8-9-15-29(26)35-22)21-32-20-27(31)30(34)33-17-16-25(23-10-4-2-5-11-23)18-28(33)24-12-6-3-7-13-24/h2-15,22,25,27-28,32H,16-21H2,1H3. The fourth-order valence-electron chi connectivity index (χ4n) is 6.89. The van der Waals surface area contributed by atoms with E-state index in [9.17, 15) is 4.79 Å². The molecule has 180 valence electrons. The summed E-state index contributed by atoms with van der Waals surface area (Å²) in [6.45, 7) is 4.47. The lowest BCUT2D eigenvalue weighted by Gasteiger charge is -2.46. The highest BCUT2D eigenvalue weighted by molar-refractivity contribution is 5.82. The van der Waals surface area contributed by atoms with Gasteiger partial charge in [-0.1, -0.05) is 78.9 Å². The Labute approximate surface area is 208 Å². The van der Waals surface area contributed by atoms with E-state index in [0.29, 0.717) is 11.8 Å².